The predicted molar refractivity (Wildman–Crippen MR) is 264 cm³/mol. The van der Waals surface area contributed by atoms with Crippen LogP contribution in [0.4, 0.5) is 0 Å². The van der Waals surface area contributed by atoms with E-state index in [2.05, 4.69) is 24.3 Å². The third-order valence-corrected chi connectivity index (χ3v) is 13.3. The monoisotopic (exact) mass is 888 g/mol. The number of amides is 4. The molecule has 0 N–H and O–H groups in total. The number of carbonyl (C=O) groups excluding carboxylic acids is 4. The van der Waals surface area contributed by atoms with E-state index in [0.717, 1.165) is 44.5 Å². The molecule has 0 fully saturated rings. The van der Waals surface area contributed by atoms with Crippen LogP contribution >= 0.6 is 0 Å². The average Bonchev–Trinajstić information content (AvgIpc) is 3.37. The van der Waals surface area contributed by atoms with Crippen molar-refractivity contribution in [3.05, 3.63) is 261 Å². The van der Waals surface area contributed by atoms with Gasteiger partial charge in [0.25, 0.3) is 23.6 Å². The van der Waals surface area contributed by atoms with Gasteiger partial charge in [-0.25, -0.2) is 0 Å². The highest BCUT2D eigenvalue weighted by molar-refractivity contribution is 6.07. The molecule has 0 radical (unpaired) electrons. The molecule has 4 amide bonds. The Morgan fingerprint density at radius 2 is 0.368 bits per heavy atom. The fourth-order valence-electron chi connectivity index (χ4n) is 10.2. The van der Waals surface area contributed by atoms with Crippen molar-refractivity contribution >= 4 is 23.6 Å². The average molecular weight is 889 g/mol. The molecule has 12 bridgehead atoms. The molecule has 8 aromatic carbocycles. The van der Waals surface area contributed by atoms with Crippen LogP contribution in [0.2, 0.25) is 0 Å². The minimum Gasteiger partial charge on any atom is -0.330 e. The number of hydrogen-bond donors (Lipinski definition) is 0. The first-order chi connectivity index (χ1) is 33.3. The number of nitrogens with zero attached hydrogens (tertiary/aromatic N) is 4. The summed E-state index contributed by atoms with van der Waals surface area (Å²) >= 11 is 0. The predicted octanol–water partition coefficient (Wildman–Crippen LogP) is 11.3. The summed E-state index contributed by atoms with van der Waals surface area (Å²) in [5.74, 6) is -0.755. The van der Waals surface area contributed by atoms with Crippen LogP contribution < -0.4 is 0 Å². The zero-order chi connectivity index (χ0) is 46.1. The molecule has 0 saturated carbocycles. The third-order valence-electron chi connectivity index (χ3n) is 13.3. The largest absolute Gasteiger partial charge is 0.330 e. The molecule has 4 aliphatic heterocycles. The second-order valence-corrected chi connectivity index (χ2v) is 18.1. The maximum absolute atomic E-state index is 15.4. The Morgan fingerprint density at radius 3 is 0.544 bits per heavy atom. The SMILES string of the molecule is O=C1c2ccccc2-c2ccccc2C(=O)N2Cc3cccc(c3)CN3Cc4cccc(c4)CN1Cc1cccc(c1)CN(Cc1cccc(c1)C2)C(=O)c1ccccc1-c1ccccc1C3=O. The van der Waals surface area contributed by atoms with Crippen molar-refractivity contribution in [3.63, 3.8) is 0 Å². The molecule has 4 aliphatic rings. The fraction of sp³-hybridized carbons (Fsp3) is 0.133. The summed E-state index contributed by atoms with van der Waals surface area (Å²) in [5.41, 5.74) is 11.9. The summed E-state index contributed by atoms with van der Waals surface area (Å²) in [5, 5.41) is 0. The molecule has 8 nitrogen and oxygen atoms in total. The number of rotatable bonds is 0. The van der Waals surface area contributed by atoms with E-state index in [0.29, 0.717) is 44.5 Å². The Morgan fingerprint density at radius 1 is 0.206 bits per heavy atom. The van der Waals surface area contributed by atoms with Crippen molar-refractivity contribution < 1.29 is 19.2 Å². The summed E-state index contributed by atoms with van der Waals surface area (Å²) in [6, 6.07) is 62.9. The first-order valence-corrected chi connectivity index (χ1v) is 23.2. The van der Waals surface area contributed by atoms with E-state index >= 15 is 19.2 Å². The standard InChI is InChI=1S/C60H48N4O4/c65-57-53-25-5-1-21-49(53)50-22-2-6-26-54(50)58(66)62-35-43-15-11-19-47(31-43)39-63-37-45-17-9-13-41(29-45)33-61(57)34-42-14-10-18-46(30-42)38-64(40-48-20-12-16-44(32-48)36-62)60(68)56-28-8-4-24-52(56)51-23-3-7-27-55(51)59(63)67/h1-32H,33-40H2. The lowest BCUT2D eigenvalue weighted by molar-refractivity contribution is 0.0721. The van der Waals surface area contributed by atoms with Crippen LogP contribution in [0.25, 0.3) is 22.3 Å². The van der Waals surface area contributed by atoms with Crippen LogP contribution in [0.3, 0.4) is 0 Å². The van der Waals surface area contributed by atoms with Gasteiger partial charge in [0.2, 0.25) is 0 Å². The molecule has 0 saturated heterocycles. The van der Waals surface area contributed by atoms with Crippen LogP contribution in [0.15, 0.2) is 194 Å². The van der Waals surface area contributed by atoms with Gasteiger partial charge in [0.1, 0.15) is 0 Å². The molecular formula is C60H48N4O4. The molecule has 8 heteroatoms. The summed E-state index contributed by atoms with van der Waals surface area (Å²) in [6.45, 7) is 2.17. The van der Waals surface area contributed by atoms with Gasteiger partial charge in [0.15, 0.2) is 0 Å². The van der Waals surface area contributed by atoms with Crippen molar-refractivity contribution in [3.8, 4) is 22.3 Å². The minimum absolute atomic E-state index is 0.189. The number of benzene rings is 8. The first kappa shape index (κ1) is 42.3. The first-order valence-electron chi connectivity index (χ1n) is 23.2. The highest BCUT2D eigenvalue weighted by Gasteiger charge is 2.29. The Kier molecular flexibility index (Phi) is 11.3. The normalized spacial score (nSPS) is 15.2. The van der Waals surface area contributed by atoms with Gasteiger partial charge in [-0.2, -0.15) is 0 Å². The van der Waals surface area contributed by atoms with Gasteiger partial charge in [0, 0.05) is 74.6 Å². The van der Waals surface area contributed by atoms with E-state index < -0.39 is 0 Å². The van der Waals surface area contributed by atoms with E-state index in [9.17, 15) is 0 Å². The molecule has 0 atom stereocenters. The Balaban J connectivity index is 1.21. The van der Waals surface area contributed by atoms with Crippen molar-refractivity contribution in [1.29, 1.82) is 0 Å². The van der Waals surface area contributed by atoms with E-state index in [-0.39, 0.29) is 76.0 Å². The fourth-order valence-corrected chi connectivity index (χ4v) is 10.2. The summed E-state index contributed by atoms with van der Waals surface area (Å²) in [4.78, 5) is 69.2. The van der Waals surface area contributed by atoms with Crippen LogP contribution in [-0.2, 0) is 52.4 Å². The lowest BCUT2D eigenvalue weighted by atomic mass is 9.93. The number of carbonyl (C=O) groups is 4. The van der Waals surface area contributed by atoms with Crippen molar-refractivity contribution in [2.75, 3.05) is 0 Å². The Labute approximate surface area is 396 Å². The summed E-state index contributed by atoms with van der Waals surface area (Å²) in [6.07, 6.45) is 0. The lowest BCUT2D eigenvalue weighted by Crippen LogP contribution is -2.31. The second-order valence-electron chi connectivity index (χ2n) is 18.1. The van der Waals surface area contributed by atoms with Gasteiger partial charge in [0.05, 0.1) is 0 Å². The van der Waals surface area contributed by atoms with Gasteiger partial charge in [-0.3, -0.25) is 19.2 Å². The molecule has 0 aliphatic carbocycles. The summed E-state index contributed by atoms with van der Waals surface area (Å²) in [7, 11) is 0. The van der Waals surface area contributed by atoms with Crippen LogP contribution in [0, 0.1) is 0 Å². The zero-order valence-electron chi connectivity index (χ0n) is 37.6. The smallest absolute Gasteiger partial charge is 0.255 e. The quantitative estimate of drug-likeness (QED) is 0.152. The molecular weight excluding hydrogens is 841 g/mol. The van der Waals surface area contributed by atoms with Gasteiger partial charge in [-0.05, 0) is 91.0 Å². The minimum atomic E-state index is -0.189. The molecule has 332 valence electrons. The van der Waals surface area contributed by atoms with Gasteiger partial charge >= 0.3 is 0 Å². The van der Waals surface area contributed by atoms with Crippen LogP contribution in [0.5, 0.6) is 0 Å². The number of hydrogen-bond acceptors (Lipinski definition) is 4. The molecule has 0 aromatic heterocycles. The van der Waals surface area contributed by atoms with Gasteiger partial charge < -0.3 is 19.6 Å². The Hall–Kier alpha value is -8.36. The molecule has 4 heterocycles. The van der Waals surface area contributed by atoms with Crippen molar-refractivity contribution in [2.24, 2.45) is 0 Å². The molecule has 0 unspecified atom stereocenters. The van der Waals surface area contributed by atoms with E-state index in [4.69, 9.17) is 0 Å². The zero-order valence-corrected chi connectivity index (χ0v) is 37.6. The highest BCUT2D eigenvalue weighted by Crippen LogP contribution is 2.34. The van der Waals surface area contributed by atoms with E-state index in [1.54, 1.807) is 0 Å². The topological polar surface area (TPSA) is 81.2 Å². The van der Waals surface area contributed by atoms with Gasteiger partial charge in [-0.15, -0.1) is 0 Å². The molecule has 12 rings (SSSR count). The highest BCUT2D eigenvalue weighted by atomic mass is 16.2. The van der Waals surface area contributed by atoms with E-state index in [1.807, 2.05) is 189 Å². The Bertz CT molecular complexity index is 2760. The van der Waals surface area contributed by atoms with Crippen molar-refractivity contribution in [1.82, 2.24) is 19.6 Å². The molecule has 68 heavy (non-hydrogen) atoms. The maximum atomic E-state index is 15.4. The second kappa shape index (κ2) is 18.1. The molecule has 0 spiro atoms. The van der Waals surface area contributed by atoms with Crippen LogP contribution in [-0.4, -0.2) is 43.2 Å². The lowest BCUT2D eigenvalue weighted by Gasteiger charge is -2.26. The summed E-state index contributed by atoms with van der Waals surface area (Å²) < 4.78 is 0. The molecule has 8 aromatic rings. The van der Waals surface area contributed by atoms with Gasteiger partial charge in [-0.1, -0.05) is 170 Å². The van der Waals surface area contributed by atoms with E-state index in [1.165, 1.54) is 0 Å². The third kappa shape index (κ3) is 8.48. The van der Waals surface area contributed by atoms with Crippen molar-refractivity contribution in [2.45, 2.75) is 52.4 Å². The maximum Gasteiger partial charge on any atom is 0.255 e. The van der Waals surface area contributed by atoms with Crippen LogP contribution in [0.1, 0.15) is 85.9 Å².